The lowest BCUT2D eigenvalue weighted by atomic mass is 9.91. The molecule has 1 heterocycles. The molecule has 0 spiro atoms. The molecule has 32 heavy (non-hydrogen) atoms. The fourth-order valence-corrected chi connectivity index (χ4v) is 4.36. The van der Waals surface area contributed by atoms with Crippen LogP contribution in [0.4, 0.5) is 10.5 Å². The molecular formula is C25H28N2O5. The highest BCUT2D eigenvalue weighted by Crippen LogP contribution is 2.36. The Balaban J connectivity index is 1.59. The third-order valence-corrected chi connectivity index (χ3v) is 6.12. The Morgan fingerprint density at radius 2 is 1.84 bits per heavy atom. The standard InChI is InChI=1S/C25H28N2O5/c1-15(19-10-8-16(24(28)31-3)12-23(19)30-2)21-14-26-22-11-9-17(13-20(21)22)27-25(29)32-18-6-4-5-7-18/h8-15,18,26H,4-7H2,1-3H3,(H,27,29). The van der Waals surface area contributed by atoms with E-state index in [1.165, 1.54) is 7.11 Å². The average molecular weight is 437 g/mol. The molecule has 1 amide bonds. The molecule has 0 radical (unpaired) electrons. The Kier molecular flexibility index (Phi) is 6.35. The number of H-pyrrole nitrogens is 1. The molecule has 2 aromatic carbocycles. The third-order valence-electron chi connectivity index (χ3n) is 6.12. The molecule has 7 heteroatoms. The van der Waals surface area contributed by atoms with Crippen LogP contribution in [0.1, 0.15) is 60.0 Å². The van der Waals surface area contributed by atoms with E-state index in [4.69, 9.17) is 14.2 Å². The van der Waals surface area contributed by atoms with Crippen molar-refractivity contribution >= 4 is 28.7 Å². The lowest BCUT2D eigenvalue weighted by Gasteiger charge is -2.17. The van der Waals surface area contributed by atoms with E-state index in [0.717, 1.165) is 47.7 Å². The van der Waals surface area contributed by atoms with Gasteiger partial charge in [-0.1, -0.05) is 13.0 Å². The van der Waals surface area contributed by atoms with Crippen molar-refractivity contribution in [1.29, 1.82) is 0 Å². The van der Waals surface area contributed by atoms with Crippen molar-refractivity contribution < 1.29 is 23.8 Å². The zero-order valence-corrected chi connectivity index (χ0v) is 18.6. The van der Waals surface area contributed by atoms with E-state index >= 15 is 0 Å². The number of carbonyl (C=O) groups is 2. The SMILES string of the molecule is COC(=O)c1ccc(C(C)c2c[nH]c3ccc(NC(=O)OC4CCCC4)cc23)c(OC)c1. The summed E-state index contributed by atoms with van der Waals surface area (Å²) in [5, 5.41) is 3.85. The van der Waals surface area contributed by atoms with Gasteiger partial charge in [-0.25, -0.2) is 9.59 Å². The molecule has 1 aliphatic rings. The molecule has 0 bridgehead atoms. The van der Waals surface area contributed by atoms with E-state index in [9.17, 15) is 9.59 Å². The van der Waals surface area contributed by atoms with Gasteiger partial charge in [-0.05, 0) is 61.6 Å². The summed E-state index contributed by atoms with van der Waals surface area (Å²) in [6.07, 6.45) is 5.65. The van der Waals surface area contributed by atoms with E-state index in [2.05, 4.69) is 17.2 Å². The van der Waals surface area contributed by atoms with Crippen molar-refractivity contribution in [3.8, 4) is 5.75 Å². The normalized spacial score (nSPS) is 14.8. The topological polar surface area (TPSA) is 89.7 Å². The molecule has 7 nitrogen and oxygen atoms in total. The maximum atomic E-state index is 12.3. The van der Waals surface area contributed by atoms with Crippen molar-refractivity contribution in [2.24, 2.45) is 0 Å². The maximum absolute atomic E-state index is 12.3. The first kappa shape index (κ1) is 21.7. The molecule has 1 atom stereocenters. The lowest BCUT2D eigenvalue weighted by Crippen LogP contribution is -2.20. The Labute approximate surface area is 187 Å². The number of amides is 1. The second kappa shape index (κ2) is 9.34. The predicted octanol–water partition coefficient (Wildman–Crippen LogP) is 5.61. The van der Waals surface area contributed by atoms with Crippen molar-refractivity contribution in [3.05, 3.63) is 59.3 Å². The molecular weight excluding hydrogens is 408 g/mol. The summed E-state index contributed by atoms with van der Waals surface area (Å²) in [5.41, 5.74) is 4.08. The number of nitrogens with one attached hydrogen (secondary N) is 2. The van der Waals surface area contributed by atoms with E-state index in [1.54, 1.807) is 19.2 Å². The summed E-state index contributed by atoms with van der Waals surface area (Å²) in [5.74, 6) is 0.185. The molecule has 168 valence electrons. The highest BCUT2D eigenvalue weighted by molar-refractivity contribution is 5.92. The molecule has 0 saturated heterocycles. The highest BCUT2D eigenvalue weighted by atomic mass is 16.6. The van der Waals surface area contributed by atoms with Gasteiger partial charge in [0.15, 0.2) is 0 Å². The van der Waals surface area contributed by atoms with Gasteiger partial charge in [0.25, 0.3) is 0 Å². The van der Waals surface area contributed by atoms with Gasteiger partial charge in [-0.15, -0.1) is 0 Å². The van der Waals surface area contributed by atoms with Gasteiger partial charge in [0.2, 0.25) is 0 Å². The lowest BCUT2D eigenvalue weighted by molar-refractivity contribution is 0.0600. The molecule has 4 rings (SSSR count). The van der Waals surface area contributed by atoms with Crippen LogP contribution in [0.25, 0.3) is 10.9 Å². The largest absolute Gasteiger partial charge is 0.496 e. The second-order valence-electron chi connectivity index (χ2n) is 8.11. The summed E-state index contributed by atoms with van der Waals surface area (Å²) in [6, 6.07) is 11.1. The van der Waals surface area contributed by atoms with Crippen LogP contribution in [0.3, 0.4) is 0 Å². The zero-order valence-electron chi connectivity index (χ0n) is 18.6. The quantitative estimate of drug-likeness (QED) is 0.491. The first-order chi connectivity index (χ1) is 15.5. The summed E-state index contributed by atoms with van der Waals surface area (Å²) < 4.78 is 15.9. The predicted molar refractivity (Wildman–Crippen MR) is 123 cm³/mol. The minimum absolute atomic E-state index is 0.0157. The first-order valence-corrected chi connectivity index (χ1v) is 10.8. The van der Waals surface area contributed by atoms with Crippen LogP contribution in [0.15, 0.2) is 42.6 Å². The van der Waals surface area contributed by atoms with Gasteiger partial charge in [0.1, 0.15) is 11.9 Å². The Hall–Kier alpha value is -3.48. The Morgan fingerprint density at radius 1 is 1.06 bits per heavy atom. The van der Waals surface area contributed by atoms with Crippen molar-refractivity contribution in [2.75, 3.05) is 19.5 Å². The van der Waals surface area contributed by atoms with Crippen molar-refractivity contribution in [2.45, 2.75) is 44.6 Å². The van der Waals surface area contributed by atoms with Gasteiger partial charge in [-0.3, -0.25) is 5.32 Å². The van der Waals surface area contributed by atoms with E-state index in [-0.39, 0.29) is 12.0 Å². The molecule has 3 aromatic rings. The number of benzene rings is 2. The fourth-order valence-electron chi connectivity index (χ4n) is 4.36. The van der Waals surface area contributed by atoms with Gasteiger partial charge in [-0.2, -0.15) is 0 Å². The number of carbonyl (C=O) groups excluding carboxylic acids is 2. The molecule has 1 aromatic heterocycles. The Morgan fingerprint density at radius 3 is 2.56 bits per heavy atom. The number of esters is 1. The van der Waals surface area contributed by atoms with Gasteiger partial charge in [0.05, 0.1) is 19.8 Å². The average Bonchev–Trinajstić information content (AvgIpc) is 3.47. The number of aromatic nitrogens is 1. The number of aromatic amines is 1. The molecule has 0 aliphatic heterocycles. The van der Waals surface area contributed by atoms with E-state index in [1.807, 2.05) is 30.5 Å². The number of ether oxygens (including phenoxy) is 3. The van der Waals surface area contributed by atoms with E-state index < -0.39 is 12.1 Å². The summed E-state index contributed by atoms with van der Waals surface area (Å²) in [6.45, 7) is 2.08. The van der Waals surface area contributed by atoms with Gasteiger partial charge in [0, 0.05) is 34.3 Å². The summed E-state index contributed by atoms with van der Waals surface area (Å²) in [4.78, 5) is 27.5. The van der Waals surface area contributed by atoms with Gasteiger partial charge < -0.3 is 19.2 Å². The molecule has 2 N–H and O–H groups in total. The summed E-state index contributed by atoms with van der Waals surface area (Å²) in [7, 11) is 2.94. The fraction of sp³-hybridized carbons (Fsp3) is 0.360. The van der Waals surface area contributed by atoms with Crippen LogP contribution in [0.2, 0.25) is 0 Å². The van der Waals surface area contributed by atoms with Crippen molar-refractivity contribution in [1.82, 2.24) is 4.98 Å². The van der Waals surface area contributed by atoms with Crippen LogP contribution in [-0.4, -0.2) is 37.4 Å². The van der Waals surface area contributed by atoms with Crippen molar-refractivity contribution in [3.63, 3.8) is 0 Å². The smallest absolute Gasteiger partial charge is 0.411 e. The maximum Gasteiger partial charge on any atom is 0.411 e. The number of anilines is 1. The van der Waals surface area contributed by atoms with Crippen LogP contribution in [-0.2, 0) is 9.47 Å². The highest BCUT2D eigenvalue weighted by Gasteiger charge is 2.21. The summed E-state index contributed by atoms with van der Waals surface area (Å²) >= 11 is 0. The van der Waals surface area contributed by atoms with Crippen LogP contribution in [0.5, 0.6) is 5.75 Å². The van der Waals surface area contributed by atoms with Crippen LogP contribution < -0.4 is 10.1 Å². The van der Waals surface area contributed by atoms with Gasteiger partial charge >= 0.3 is 12.1 Å². The monoisotopic (exact) mass is 436 g/mol. The number of methoxy groups -OCH3 is 2. The van der Waals surface area contributed by atoms with Crippen LogP contribution >= 0.6 is 0 Å². The molecule has 1 fully saturated rings. The molecule has 1 aliphatic carbocycles. The minimum atomic E-state index is -0.415. The number of fused-ring (bicyclic) bond motifs is 1. The molecule has 1 unspecified atom stereocenters. The second-order valence-corrected chi connectivity index (χ2v) is 8.11. The van der Waals surface area contributed by atoms with E-state index in [0.29, 0.717) is 17.0 Å². The number of hydrogen-bond acceptors (Lipinski definition) is 5. The van der Waals surface area contributed by atoms with Crippen LogP contribution in [0, 0.1) is 0 Å². The number of hydrogen-bond donors (Lipinski definition) is 2. The zero-order chi connectivity index (χ0) is 22.7. The molecule has 1 saturated carbocycles. The third kappa shape index (κ3) is 4.42. The Bertz CT molecular complexity index is 1130. The first-order valence-electron chi connectivity index (χ1n) is 10.8. The number of rotatable bonds is 6. The minimum Gasteiger partial charge on any atom is -0.496 e.